The molecule has 2 atom stereocenters. The zero-order chi connectivity index (χ0) is 13.2. The van der Waals surface area contributed by atoms with Crippen molar-refractivity contribution in [1.29, 1.82) is 0 Å². The number of hydrogen-bond acceptors (Lipinski definition) is 1. The zero-order valence-corrected chi connectivity index (χ0v) is 13.2. The fourth-order valence-corrected chi connectivity index (χ4v) is 3.09. The number of rotatable bonds is 2. The summed E-state index contributed by atoms with van der Waals surface area (Å²) in [7, 11) is 5.56. The molecule has 1 aliphatic rings. The molecule has 2 aromatic rings. The molecule has 19 heavy (non-hydrogen) atoms. The van der Waals surface area contributed by atoms with E-state index in [9.17, 15) is 0 Å². The smallest absolute Gasteiger partial charge is 0.0727 e. The molecular weight excluding hydrogens is 270 g/mol. The van der Waals surface area contributed by atoms with E-state index < -0.39 is 0 Å². The van der Waals surface area contributed by atoms with Gasteiger partial charge >= 0.3 is 0 Å². The van der Waals surface area contributed by atoms with E-state index >= 15 is 0 Å². The largest absolute Gasteiger partial charge is 0.372 e. The molecule has 0 spiro atoms. The molecule has 0 saturated carbocycles. The normalized spacial score (nSPS) is 13.6. The summed E-state index contributed by atoms with van der Waals surface area (Å²) in [4.78, 5) is 0. The Bertz CT molecular complexity index is 554. The first-order chi connectivity index (χ1) is 9.31. The van der Waals surface area contributed by atoms with E-state index in [1.807, 2.05) is 0 Å². The van der Waals surface area contributed by atoms with Gasteiger partial charge < -0.3 is 4.74 Å². The summed E-state index contributed by atoms with van der Waals surface area (Å²) in [6, 6.07) is 13.4. The molecule has 0 amide bonds. The van der Waals surface area contributed by atoms with Gasteiger partial charge in [-0.3, -0.25) is 0 Å². The Morgan fingerprint density at radius 2 is 1.26 bits per heavy atom. The SMILES string of the molecule is PCc1ccc2c(c1)COCc1cc(CP)ccc1-2. The van der Waals surface area contributed by atoms with Crippen LogP contribution >= 0.6 is 18.5 Å². The van der Waals surface area contributed by atoms with Crippen LogP contribution in [0.5, 0.6) is 0 Å². The lowest BCUT2D eigenvalue weighted by Gasteiger charge is -2.10. The highest BCUT2D eigenvalue weighted by Gasteiger charge is 2.15. The quantitative estimate of drug-likeness (QED) is 0.755. The van der Waals surface area contributed by atoms with Crippen molar-refractivity contribution >= 4 is 18.5 Å². The van der Waals surface area contributed by atoms with Crippen molar-refractivity contribution < 1.29 is 4.74 Å². The zero-order valence-electron chi connectivity index (χ0n) is 10.9. The number of benzene rings is 2. The number of ether oxygens (including phenoxy) is 1. The summed E-state index contributed by atoms with van der Waals surface area (Å²) >= 11 is 0. The van der Waals surface area contributed by atoms with Crippen LogP contribution in [0.4, 0.5) is 0 Å². The van der Waals surface area contributed by atoms with Crippen molar-refractivity contribution in [2.75, 3.05) is 0 Å². The third kappa shape index (κ3) is 2.61. The molecule has 3 rings (SSSR count). The van der Waals surface area contributed by atoms with Gasteiger partial charge in [0.2, 0.25) is 0 Å². The summed E-state index contributed by atoms with van der Waals surface area (Å²) in [5.41, 5.74) is 7.94. The molecule has 0 saturated heterocycles. The topological polar surface area (TPSA) is 9.23 Å². The minimum absolute atomic E-state index is 0.707. The van der Waals surface area contributed by atoms with E-state index in [0.29, 0.717) is 13.2 Å². The Kier molecular flexibility index (Phi) is 3.99. The van der Waals surface area contributed by atoms with Crippen molar-refractivity contribution in [1.82, 2.24) is 0 Å². The van der Waals surface area contributed by atoms with E-state index in [-0.39, 0.29) is 0 Å². The van der Waals surface area contributed by atoms with Crippen LogP contribution < -0.4 is 0 Å². The minimum Gasteiger partial charge on any atom is -0.372 e. The second kappa shape index (κ2) is 5.71. The molecule has 2 aromatic carbocycles. The molecule has 1 heterocycles. The lowest BCUT2D eigenvalue weighted by Crippen LogP contribution is -1.91. The maximum atomic E-state index is 5.83. The summed E-state index contributed by atoms with van der Waals surface area (Å²) in [5.74, 6) is 0. The lowest BCUT2D eigenvalue weighted by molar-refractivity contribution is 0.109. The van der Waals surface area contributed by atoms with Gasteiger partial charge in [-0.05, 0) is 45.7 Å². The fourth-order valence-electron chi connectivity index (χ4n) is 2.58. The summed E-state index contributed by atoms with van der Waals surface area (Å²) < 4.78 is 5.83. The van der Waals surface area contributed by atoms with Crippen LogP contribution in [0.3, 0.4) is 0 Å². The van der Waals surface area contributed by atoms with Crippen LogP contribution in [-0.4, -0.2) is 0 Å². The maximum Gasteiger partial charge on any atom is 0.0727 e. The molecule has 0 aliphatic carbocycles. The third-order valence-electron chi connectivity index (χ3n) is 3.62. The average Bonchev–Trinajstić information content (AvgIpc) is 2.64. The highest BCUT2D eigenvalue weighted by atomic mass is 31.0. The van der Waals surface area contributed by atoms with Gasteiger partial charge in [0.15, 0.2) is 0 Å². The van der Waals surface area contributed by atoms with Crippen molar-refractivity contribution in [3.8, 4) is 11.1 Å². The molecule has 0 fully saturated rings. The first-order valence-electron chi connectivity index (χ1n) is 6.53. The van der Waals surface area contributed by atoms with Crippen LogP contribution in [0, 0.1) is 0 Å². The van der Waals surface area contributed by atoms with Gasteiger partial charge in [-0.2, -0.15) is 0 Å². The molecule has 0 N–H and O–H groups in total. The Balaban J connectivity index is 2.14. The summed E-state index contributed by atoms with van der Waals surface area (Å²) in [5, 5.41) is 0. The van der Waals surface area contributed by atoms with Crippen molar-refractivity contribution in [3.63, 3.8) is 0 Å². The maximum absolute atomic E-state index is 5.83. The first-order valence-corrected chi connectivity index (χ1v) is 8.17. The Hall–Kier alpha value is -0.740. The first kappa shape index (κ1) is 13.3. The minimum atomic E-state index is 0.707. The molecule has 3 heteroatoms. The average molecular weight is 288 g/mol. The summed E-state index contributed by atoms with van der Waals surface area (Å²) in [6.45, 7) is 1.41. The van der Waals surface area contributed by atoms with Gasteiger partial charge in [-0.25, -0.2) is 0 Å². The second-order valence-electron chi connectivity index (χ2n) is 4.88. The van der Waals surface area contributed by atoms with Gasteiger partial charge in [0.25, 0.3) is 0 Å². The predicted octanol–water partition coefficient (Wildman–Crippen LogP) is 4.13. The van der Waals surface area contributed by atoms with Gasteiger partial charge in [-0.1, -0.05) is 36.4 Å². The van der Waals surface area contributed by atoms with E-state index in [2.05, 4.69) is 54.9 Å². The van der Waals surface area contributed by atoms with Gasteiger partial charge in [-0.15, -0.1) is 18.5 Å². The standard InChI is InChI=1S/C16H18OP2/c18-9-11-1-3-15-13(5-11)7-17-8-14-6-12(10-19)2-4-16(14)15/h1-6H,7-10,18-19H2. The van der Waals surface area contributed by atoms with Crippen molar-refractivity contribution in [2.45, 2.75) is 25.5 Å². The van der Waals surface area contributed by atoms with Crippen molar-refractivity contribution in [3.05, 3.63) is 58.7 Å². The van der Waals surface area contributed by atoms with Crippen molar-refractivity contribution in [2.24, 2.45) is 0 Å². The molecule has 98 valence electrons. The number of fused-ring (bicyclic) bond motifs is 3. The highest BCUT2D eigenvalue weighted by Crippen LogP contribution is 2.33. The molecular formula is C16H18OP2. The predicted molar refractivity (Wildman–Crippen MR) is 87.2 cm³/mol. The van der Waals surface area contributed by atoms with Crippen LogP contribution in [0.15, 0.2) is 36.4 Å². The van der Waals surface area contributed by atoms with E-state index in [0.717, 1.165) is 12.3 Å². The summed E-state index contributed by atoms with van der Waals surface area (Å²) in [6.07, 6.45) is 1.98. The number of hydrogen-bond donors (Lipinski definition) is 0. The molecule has 1 nitrogen and oxygen atoms in total. The van der Waals surface area contributed by atoms with Crippen LogP contribution in [0.1, 0.15) is 22.3 Å². The molecule has 2 unspecified atom stereocenters. The second-order valence-corrected chi connectivity index (χ2v) is 5.70. The van der Waals surface area contributed by atoms with Crippen LogP contribution in [0.25, 0.3) is 11.1 Å². The Morgan fingerprint density at radius 3 is 1.68 bits per heavy atom. The monoisotopic (exact) mass is 288 g/mol. The van der Waals surface area contributed by atoms with E-state index in [1.165, 1.54) is 33.4 Å². The Morgan fingerprint density at radius 1 is 0.789 bits per heavy atom. The van der Waals surface area contributed by atoms with Crippen LogP contribution in [0.2, 0.25) is 0 Å². The molecule has 1 aliphatic heterocycles. The van der Waals surface area contributed by atoms with Gasteiger partial charge in [0.05, 0.1) is 13.2 Å². The van der Waals surface area contributed by atoms with Gasteiger partial charge in [0.1, 0.15) is 0 Å². The highest BCUT2D eigenvalue weighted by molar-refractivity contribution is 7.15. The lowest BCUT2D eigenvalue weighted by atomic mass is 9.94. The Labute approximate surface area is 119 Å². The fraction of sp³-hybridized carbons (Fsp3) is 0.250. The molecule has 0 aromatic heterocycles. The molecule has 0 radical (unpaired) electrons. The van der Waals surface area contributed by atoms with Gasteiger partial charge in [0, 0.05) is 0 Å². The van der Waals surface area contributed by atoms with Crippen LogP contribution in [-0.2, 0) is 30.3 Å². The molecule has 0 bridgehead atoms. The van der Waals surface area contributed by atoms with E-state index in [1.54, 1.807) is 0 Å². The van der Waals surface area contributed by atoms with E-state index in [4.69, 9.17) is 4.74 Å². The third-order valence-corrected chi connectivity index (χ3v) is 4.56.